The Bertz CT molecular complexity index is 408. The van der Waals surface area contributed by atoms with E-state index in [9.17, 15) is 10.1 Å². The molecule has 0 radical (unpaired) electrons. The van der Waals surface area contributed by atoms with Crippen molar-refractivity contribution >= 4 is 23.1 Å². The highest BCUT2D eigenvalue weighted by molar-refractivity contribution is 6.28. The van der Waals surface area contributed by atoms with E-state index in [-0.39, 0.29) is 16.8 Å². The van der Waals surface area contributed by atoms with E-state index >= 15 is 0 Å². The third-order valence-corrected chi connectivity index (χ3v) is 1.68. The molecule has 0 bridgehead atoms. The molecule has 7 heteroatoms. The minimum atomic E-state index is -0.572. The summed E-state index contributed by atoms with van der Waals surface area (Å²) in [5.74, 6) is 0.100. The second-order valence-corrected chi connectivity index (χ2v) is 3.28. The summed E-state index contributed by atoms with van der Waals surface area (Å²) in [6, 6.07) is 0. The largest absolute Gasteiger partial charge is 0.360 e. The highest BCUT2D eigenvalue weighted by Gasteiger charge is 2.16. The van der Waals surface area contributed by atoms with E-state index in [1.165, 1.54) is 0 Å². The number of rotatable bonds is 4. The van der Waals surface area contributed by atoms with Crippen molar-refractivity contribution < 1.29 is 4.92 Å². The fraction of sp³-hybridized carbons (Fsp3) is 0.250. The summed E-state index contributed by atoms with van der Waals surface area (Å²) in [5, 5.41) is 13.3. The smallest absolute Gasteiger partial charge is 0.329 e. The van der Waals surface area contributed by atoms with Crippen molar-refractivity contribution in [3.05, 3.63) is 33.7 Å². The molecule has 0 aliphatic carbocycles. The van der Waals surface area contributed by atoms with E-state index in [0.29, 0.717) is 6.54 Å². The minimum absolute atomic E-state index is 0.0372. The summed E-state index contributed by atoms with van der Waals surface area (Å²) in [6.45, 7) is 5.85. The first-order valence-corrected chi connectivity index (χ1v) is 4.43. The first-order chi connectivity index (χ1) is 7.00. The highest BCUT2D eigenvalue weighted by atomic mass is 35.5. The van der Waals surface area contributed by atoms with Crippen LogP contribution in [-0.2, 0) is 0 Å². The molecule has 0 saturated heterocycles. The molecule has 0 amide bonds. The van der Waals surface area contributed by atoms with E-state index in [1.807, 2.05) is 0 Å². The minimum Gasteiger partial charge on any atom is -0.360 e. The molecule has 1 heterocycles. The lowest BCUT2D eigenvalue weighted by Gasteiger charge is -2.04. The van der Waals surface area contributed by atoms with E-state index in [1.54, 1.807) is 6.92 Å². The predicted octanol–water partition coefficient (Wildman–Crippen LogP) is 2.03. The van der Waals surface area contributed by atoms with Gasteiger partial charge in [-0.1, -0.05) is 12.2 Å². The normalized spacial score (nSPS) is 9.73. The van der Waals surface area contributed by atoms with Gasteiger partial charge in [0.25, 0.3) is 0 Å². The van der Waals surface area contributed by atoms with Gasteiger partial charge in [0.15, 0.2) is 0 Å². The van der Waals surface area contributed by atoms with Crippen LogP contribution in [0.3, 0.4) is 0 Å². The molecule has 0 aromatic carbocycles. The van der Waals surface area contributed by atoms with Gasteiger partial charge in [0.1, 0.15) is 6.20 Å². The third kappa shape index (κ3) is 3.17. The number of nitrogens with one attached hydrogen (secondary N) is 1. The van der Waals surface area contributed by atoms with Crippen molar-refractivity contribution in [2.45, 2.75) is 6.92 Å². The van der Waals surface area contributed by atoms with Crippen LogP contribution < -0.4 is 5.32 Å². The van der Waals surface area contributed by atoms with Crippen molar-refractivity contribution in [1.82, 2.24) is 9.97 Å². The first-order valence-electron chi connectivity index (χ1n) is 4.06. The number of hydrogen-bond acceptors (Lipinski definition) is 5. The topological polar surface area (TPSA) is 81.0 Å². The Morgan fingerprint density at radius 3 is 3.00 bits per heavy atom. The maximum Gasteiger partial charge on any atom is 0.329 e. The lowest BCUT2D eigenvalue weighted by Crippen LogP contribution is -2.07. The zero-order valence-corrected chi connectivity index (χ0v) is 8.78. The third-order valence-electron chi connectivity index (χ3n) is 1.49. The van der Waals surface area contributed by atoms with Crippen molar-refractivity contribution in [2.24, 2.45) is 0 Å². The first kappa shape index (κ1) is 11.4. The van der Waals surface area contributed by atoms with Crippen LogP contribution in [0.4, 0.5) is 11.5 Å². The van der Waals surface area contributed by atoms with Crippen molar-refractivity contribution in [3.8, 4) is 0 Å². The molecule has 6 nitrogen and oxygen atoms in total. The monoisotopic (exact) mass is 228 g/mol. The molecule has 1 aromatic rings. The quantitative estimate of drug-likeness (QED) is 0.369. The van der Waals surface area contributed by atoms with E-state index in [0.717, 1.165) is 11.8 Å². The van der Waals surface area contributed by atoms with Crippen molar-refractivity contribution in [2.75, 3.05) is 11.9 Å². The zero-order chi connectivity index (χ0) is 11.4. The average molecular weight is 229 g/mol. The molecule has 0 saturated carbocycles. The number of aromatic nitrogens is 2. The SMILES string of the molecule is C=C(C)CNc1nc(Cl)ncc1[N+](=O)[O-]. The van der Waals surface area contributed by atoms with Crippen LogP contribution in [0.1, 0.15) is 6.92 Å². The second kappa shape index (κ2) is 4.70. The van der Waals surface area contributed by atoms with Crippen LogP contribution in [0.5, 0.6) is 0 Å². The predicted molar refractivity (Wildman–Crippen MR) is 57.0 cm³/mol. The van der Waals surface area contributed by atoms with Crippen molar-refractivity contribution in [1.29, 1.82) is 0 Å². The van der Waals surface area contributed by atoms with Crippen molar-refractivity contribution in [3.63, 3.8) is 0 Å². The molecule has 0 aliphatic rings. The van der Waals surface area contributed by atoms with Crippen LogP contribution in [-0.4, -0.2) is 21.4 Å². The Morgan fingerprint density at radius 2 is 2.47 bits per heavy atom. The van der Waals surface area contributed by atoms with Crippen LogP contribution in [0.2, 0.25) is 5.28 Å². The Labute approximate surface area is 91.1 Å². The van der Waals surface area contributed by atoms with Crippen LogP contribution >= 0.6 is 11.6 Å². The summed E-state index contributed by atoms with van der Waals surface area (Å²) < 4.78 is 0. The average Bonchev–Trinajstić information content (AvgIpc) is 2.14. The molecular weight excluding hydrogens is 220 g/mol. The van der Waals surface area contributed by atoms with Gasteiger partial charge in [-0.3, -0.25) is 10.1 Å². The maximum atomic E-state index is 10.6. The van der Waals surface area contributed by atoms with Gasteiger partial charge in [-0.05, 0) is 18.5 Å². The molecule has 0 atom stereocenters. The summed E-state index contributed by atoms with van der Waals surface area (Å²) in [6.07, 6.45) is 1.07. The van der Waals surface area contributed by atoms with E-state index in [4.69, 9.17) is 11.6 Å². The maximum absolute atomic E-state index is 10.6. The van der Waals surface area contributed by atoms with Gasteiger partial charge in [-0.25, -0.2) is 4.98 Å². The Kier molecular flexibility index (Phi) is 3.56. The van der Waals surface area contributed by atoms with E-state index < -0.39 is 4.92 Å². The molecule has 15 heavy (non-hydrogen) atoms. The summed E-state index contributed by atoms with van der Waals surface area (Å²) in [4.78, 5) is 17.3. The lowest BCUT2D eigenvalue weighted by atomic mass is 10.3. The second-order valence-electron chi connectivity index (χ2n) is 2.94. The van der Waals surface area contributed by atoms with Gasteiger partial charge < -0.3 is 5.32 Å². The number of anilines is 1. The molecular formula is C8H9ClN4O2. The summed E-state index contributed by atoms with van der Waals surface area (Å²) in [7, 11) is 0. The van der Waals surface area contributed by atoms with Gasteiger partial charge in [-0.15, -0.1) is 0 Å². The van der Waals surface area contributed by atoms with Gasteiger partial charge in [0.2, 0.25) is 11.1 Å². The summed E-state index contributed by atoms with van der Waals surface area (Å²) in [5.41, 5.74) is 0.625. The highest BCUT2D eigenvalue weighted by Crippen LogP contribution is 2.21. The number of halogens is 1. The number of nitro groups is 1. The Hall–Kier alpha value is -1.69. The van der Waals surface area contributed by atoms with Gasteiger partial charge in [-0.2, -0.15) is 4.98 Å². The molecule has 1 rings (SSSR count). The molecule has 80 valence electrons. The molecule has 0 spiro atoms. The molecule has 1 aromatic heterocycles. The number of hydrogen-bond donors (Lipinski definition) is 1. The van der Waals surface area contributed by atoms with Crippen LogP contribution in [0.25, 0.3) is 0 Å². The fourth-order valence-corrected chi connectivity index (χ4v) is 0.986. The molecule has 0 aliphatic heterocycles. The summed E-state index contributed by atoms with van der Waals surface area (Å²) >= 11 is 5.53. The van der Waals surface area contributed by atoms with Gasteiger partial charge in [0.05, 0.1) is 4.92 Å². The van der Waals surface area contributed by atoms with E-state index in [2.05, 4.69) is 21.9 Å². The Balaban J connectivity index is 2.96. The molecule has 0 unspecified atom stereocenters. The van der Waals surface area contributed by atoms with Gasteiger partial charge >= 0.3 is 5.69 Å². The number of nitrogens with zero attached hydrogens (tertiary/aromatic N) is 3. The Morgan fingerprint density at radius 1 is 1.80 bits per heavy atom. The molecule has 1 N–H and O–H groups in total. The zero-order valence-electron chi connectivity index (χ0n) is 8.03. The lowest BCUT2D eigenvalue weighted by molar-refractivity contribution is -0.384. The molecule has 0 fully saturated rings. The van der Waals surface area contributed by atoms with Gasteiger partial charge in [0, 0.05) is 6.54 Å². The van der Waals surface area contributed by atoms with Crippen LogP contribution in [0, 0.1) is 10.1 Å². The standard InChI is InChI=1S/C8H9ClN4O2/c1-5(2)3-10-7-6(13(14)15)4-11-8(9)12-7/h4H,1,3H2,2H3,(H,10,11,12). The fourth-order valence-electron chi connectivity index (χ4n) is 0.852. The van der Waals surface area contributed by atoms with Crippen LogP contribution in [0.15, 0.2) is 18.3 Å².